The van der Waals surface area contributed by atoms with Crippen molar-refractivity contribution in [1.29, 1.82) is 0 Å². The molecule has 7 rings (SSSR count). The molecule has 2 saturated heterocycles. The number of carbonyl (C=O) groups is 1. The van der Waals surface area contributed by atoms with Crippen LogP contribution in [0.15, 0.2) is 35.5 Å². The van der Waals surface area contributed by atoms with Crippen LogP contribution in [0.3, 0.4) is 0 Å². The molecule has 12 nitrogen and oxygen atoms in total. The molecule has 14 heteroatoms. The number of likely N-dealkylation sites (tertiary alicyclic amines) is 1. The van der Waals surface area contributed by atoms with E-state index in [1.165, 1.54) is 10.9 Å². The molecule has 234 valence electrons. The molecule has 0 bridgehead atoms. The van der Waals surface area contributed by atoms with E-state index in [0.717, 1.165) is 25.6 Å². The number of aliphatic hydroxyl groups excluding tert-OH is 1. The molecule has 45 heavy (non-hydrogen) atoms. The standard InChI is InChI=1S/C31H32F2N8O4/c1-34-21-9-20(32)25(33)23-24-27(40-12-15-4-6-39(5-3-7-42)22(15)14-40)18(11-36-29(24)38-26(21)23)16-8-17-28(43)19(31(44)45)13-41(35-2)30(17)37-10-16/h8-11,13,15,22,34-35,42H,3-7,12,14H2,1-2H3,(H,36,38)(H,44,45)/t15-,22+/m1/s1. The lowest BCUT2D eigenvalue weighted by molar-refractivity contribution is 0.0695. The number of nitrogens with zero attached hydrogens (tertiary/aromatic N) is 5. The lowest BCUT2D eigenvalue weighted by Crippen LogP contribution is -2.36. The lowest BCUT2D eigenvalue weighted by Gasteiger charge is -2.27. The predicted octanol–water partition coefficient (Wildman–Crippen LogP) is 3.18. The number of nitrogens with one attached hydrogen (secondary N) is 3. The third kappa shape index (κ3) is 4.46. The first kappa shape index (κ1) is 28.9. The first-order valence-corrected chi connectivity index (χ1v) is 14.8. The van der Waals surface area contributed by atoms with Crippen LogP contribution in [0.5, 0.6) is 0 Å². The van der Waals surface area contributed by atoms with Crippen LogP contribution in [0.4, 0.5) is 20.2 Å². The van der Waals surface area contributed by atoms with E-state index in [4.69, 9.17) is 0 Å². The monoisotopic (exact) mass is 618 g/mol. The molecule has 6 heterocycles. The average molecular weight is 619 g/mol. The maximum Gasteiger partial charge on any atom is 0.341 e. The van der Waals surface area contributed by atoms with E-state index in [9.17, 15) is 24.2 Å². The number of rotatable bonds is 8. The summed E-state index contributed by atoms with van der Waals surface area (Å²) >= 11 is 0. The predicted molar refractivity (Wildman–Crippen MR) is 168 cm³/mol. The highest BCUT2D eigenvalue weighted by Gasteiger charge is 2.42. The average Bonchev–Trinajstić information content (AvgIpc) is 3.74. The largest absolute Gasteiger partial charge is 0.477 e. The smallest absolute Gasteiger partial charge is 0.341 e. The topological polar surface area (TPSA) is 152 Å². The second-order valence-corrected chi connectivity index (χ2v) is 11.6. The molecule has 0 aliphatic carbocycles. The van der Waals surface area contributed by atoms with Crippen LogP contribution < -0.4 is 21.1 Å². The van der Waals surface area contributed by atoms with Crippen LogP contribution in [0.1, 0.15) is 23.2 Å². The van der Waals surface area contributed by atoms with Crippen LogP contribution in [0.25, 0.3) is 44.1 Å². The van der Waals surface area contributed by atoms with Crippen LogP contribution in [-0.2, 0) is 0 Å². The number of carboxylic acid groups (broad SMARTS) is 1. The zero-order valence-corrected chi connectivity index (χ0v) is 24.7. The number of aromatic amines is 1. The van der Waals surface area contributed by atoms with Gasteiger partial charge in [0.1, 0.15) is 11.2 Å². The number of hydrogen-bond donors (Lipinski definition) is 5. The minimum atomic E-state index is -1.37. The van der Waals surface area contributed by atoms with Crippen molar-refractivity contribution in [2.24, 2.45) is 5.92 Å². The number of halogens is 2. The summed E-state index contributed by atoms with van der Waals surface area (Å²) in [6, 6.07) is 2.89. The van der Waals surface area contributed by atoms with Gasteiger partial charge in [0.15, 0.2) is 17.3 Å². The van der Waals surface area contributed by atoms with Gasteiger partial charge < -0.3 is 30.8 Å². The van der Waals surface area contributed by atoms with Crippen molar-refractivity contribution in [1.82, 2.24) is 24.5 Å². The third-order valence-electron chi connectivity index (χ3n) is 9.24. The second kappa shape index (κ2) is 11.0. The third-order valence-corrected chi connectivity index (χ3v) is 9.24. The number of carboxylic acids is 1. The van der Waals surface area contributed by atoms with E-state index in [1.807, 2.05) is 0 Å². The highest BCUT2D eigenvalue weighted by Crippen LogP contribution is 2.46. The molecule has 0 unspecified atom stereocenters. The number of pyridine rings is 3. The van der Waals surface area contributed by atoms with Gasteiger partial charge in [-0.05, 0) is 31.4 Å². The van der Waals surface area contributed by atoms with Gasteiger partial charge in [-0.1, -0.05) is 0 Å². The molecule has 2 fully saturated rings. The Labute approximate surface area is 255 Å². The number of aromatic carboxylic acids is 1. The Morgan fingerprint density at radius 1 is 1.16 bits per heavy atom. The molecule has 4 aromatic heterocycles. The van der Waals surface area contributed by atoms with Crippen molar-refractivity contribution >= 4 is 50.3 Å². The summed E-state index contributed by atoms with van der Waals surface area (Å²) in [5, 5.41) is 22.6. The Kier molecular flexibility index (Phi) is 7.05. The normalized spacial score (nSPS) is 18.4. The Morgan fingerprint density at radius 3 is 2.71 bits per heavy atom. The van der Waals surface area contributed by atoms with Crippen LogP contribution >= 0.6 is 0 Å². The molecule has 2 aliphatic rings. The number of H-pyrrole nitrogens is 1. The van der Waals surface area contributed by atoms with Crippen molar-refractivity contribution in [3.63, 3.8) is 0 Å². The van der Waals surface area contributed by atoms with E-state index >= 15 is 4.39 Å². The zero-order valence-electron chi connectivity index (χ0n) is 24.7. The minimum Gasteiger partial charge on any atom is -0.477 e. The van der Waals surface area contributed by atoms with Gasteiger partial charge in [-0.15, -0.1) is 0 Å². The summed E-state index contributed by atoms with van der Waals surface area (Å²) in [5.74, 6) is -3.04. The van der Waals surface area contributed by atoms with Gasteiger partial charge in [0.2, 0.25) is 5.43 Å². The van der Waals surface area contributed by atoms with Crippen molar-refractivity contribution in [2.45, 2.75) is 18.9 Å². The van der Waals surface area contributed by atoms with Crippen molar-refractivity contribution in [3.8, 4) is 11.1 Å². The Balaban J connectivity index is 1.49. The van der Waals surface area contributed by atoms with Crippen molar-refractivity contribution < 1.29 is 23.8 Å². The molecule has 5 N–H and O–H groups in total. The second-order valence-electron chi connectivity index (χ2n) is 11.6. The first-order valence-electron chi connectivity index (χ1n) is 14.8. The molecule has 0 spiro atoms. The fourth-order valence-corrected chi connectivity index (χ4v) is 7.14. The maximum atomic E-state index is 15.8. The number of aromatic nitrogens is 4. The number of benzene rings is 1. The Hall–Kier alpha value is -4.82. The number of anilines is 2. The van der Waals surface area contributed by atoms with Crippen LogP contribution in [0, 0.1) is 17.6 Å². The van der Waals surface area contributed by atoms with E-state index in [2.05, 4.69) is 35.5 Å². The van der Waals surface area contributed by atoms with Gasteiger partial charge in [0.25, 0.3) is 0 Å². The quantitative estimate of drug-likeness (QED) is 0.175. The van der Waals surface area contributed by atoms with E-state index in [-0.39, 0.29) is 29.1 Å². The highest BCUT2D eigenvalue weighted by atomic mass is 19.2. The summed E-state index contributed by atoms with van der Waals surface area (Å²) < 4.78 is 32.1. The van der Waals surface area contributed by atoms with Crippen molar-refractivity contribution in [2.75, 3.05) is 62.5 Å². The fourth-order valence-electron chi connectivity index (χ4n) is 7.14. The van der Waals surface area contributed by atoms with Gasteiger partial charge in [0.05, 0.1) is 33.1 Å². The lowest BCUT2D eigenvalue weighted by atomic mass is 10.0. The van der Waals surface area contributed by atoms with E-state index in [1.54, 1.807) is 32.6 Å². The maximum absolute atomic E-state index is 15.8. The summed E-state index contributed by atoms with van der Waals surface area (Å²) in [6.45, 7) is 3.07. The molecular weight excluding hydrogens is 586 g/mol. The minimum absolute atomic E-state index is 0.0624. The zero-order chi connectivity index (χ0) is 31.6. The molecule has 0 amide bonds. The SMILES string of the molecule is CNc1cc(F)c(F)c2c1[nH]c1ncc(-c3cnc4c(c3)c(=O)c(C(=O)O)cn4NC)c(N3C[C@H]4CCN(CCCO)[C@H]4C3)c12. The van der Waals surface area contributed by atoms with Gasteiger partial charge in [0, 0.05) is 82.2 Å². The highest BCUT2D eigenvalue weighted by molar-refractivity contribution is 6.18. The van der Waals surface area contributed by atoms with Gasteiger partial charge >= 0.3 is 5.97 Å². The Bertz CT molecular complexity index is 2060. The van der Waals surface area contributed by atoms with Gasteiger partial charge in [-0.2, -0.15) is 0 Å². The van der Waals surface area contributed by atoms with Crippen LogP contribution in [-0.4, -0.2) is 93.6 Å². The molecule has 0 radical (unpaired) electrons. The molecule has 1 aromatic carbocycles. The molecule has 0 saturated carbocycles. The number of aliphatic hydroxyl groups is 1. The fraction of sp³-hybridized carbons (Fsp3) is 0.355. The molecule has 2 atom stereocenters. The Morgan fingerprint density at radius 2 is 1.98 bits per heavy atom. The van der Waals surface area contributed by atoms with Gasteiger partial charge in [-0.25, -0.2) is 28.2 Å². The van der Waals surface area contributed by atoms with Gasteiger partial charge in [-0.3, -0.25) is 9.69 Å². The summed E-state index contributed by atoms with van der Waals surface area (Å²) in [7, 11) is 3.21. The number of hydrogen-bond acceptors (Lipinski definition) is 9. The summed E-state index contributed by atoms with van der Waals surface area (Å²) in [5.41, 5.74) is 4.73. The van der Waals surface area contributed by atoms with E-state index < -0.39 is 28.6 Å². The first-order chi connectivity index (χ1) is 21.7. The molecule has 5 aromatic rings. The molecule has 2 aliphatic heterocycles. The summed E-state index contributed by atoms with van der Waals surface area (Å²) in [6.07, 6.45) is 6.01. The summed E-state index contributed by atoms with van der Waals surface area (Å²) in [4.78, 5) is 42.1. The molecular formula is C31H32F2N8O4. The number of fused-ring (bicyclic) bond motifs is 5. The van der Waals surface area contributed by atoms with E-state index in [0.29, 0.717) is 64.5 Å². The van der Waals surface area contributed by atoms with Crippen LogP contribution in [0.2, 0.25) is 0 Å². The van der Waals surface area contributed by atoms with Crippen molar-refractivity contribution in [3.05, 3.63) is 58.1 Å².